The molecule has 1 aromatic rings. The zero-order valence-corrected chi connectivity index (χ0v) is 17.6. The van der Waals surface area contributed by atoms with E-state index in [1.54, 1.807) is 7.05 Å². The normalized spacial score (nSPS) is 21.6. The van der Waals surface area contributed by atoms with Crippen molar-refractivity contribution in [1.82, 2.24) is 25.7 Å². The molecule has 1 aliphatic carbocycles. The second kappa shape index (κ2) is 10.8. The summed E-state index contributed by atoms with van der Waals surface area (Å²) in [7, 11) is 1.79. The van der Waals surface area contributed by atoms with Gasteiger partial charge >= 0.3 is 0 Å². The van der Waals surface area contributed by atoms with E-state index >= 15 is 0 Å². The molecule has 0 aromatic carbocycles. The van der Waals surface area contributed by atoms with E-state index in [0.29, 0.717) is 30.9 Å². The maximum Gasteiger partial charge on any atom is 0.246 e. The van der Waals surface area contributed by atoms with Crippen molar-refractivity contribution >= 4 is 5.96 Å². The number of nitrogens with zero attached hydrogens (tertiary/aromatic N) is 4. The zero-order valence-electron chi connectivity index (χ0n) is 17.6. The fourth-order valence-corrected chi connectivity index (χ4v) is 4.23. The summed E-state index contributed by atoms with van der Waals surface area (Å²) in [6.07, 6.45) is 9.16. The monoisotopic (exact) mass is 392 g/mol. The van der Waals surface area contributed by atoms with E-state index in [9.17, 15) is 0 Å². The second-order valence-electron chi connectivity index (χ2n) is 7.82. The highest BCUT2D eigenvalue weighted by Crippen LogP contribution is 2.25. The predicted molar refractivity (Wildman–Crippen MR) is 109 cm³/mol. The molecule has 158 valence electrons. The minimum atomic E-state index is -0.158. The molecule has 0 spiro atoms. The number of piperidine rings is 1. The summed E-state index contributed by atoms with van der Waals surface area (Å²) in [4.78, 5) is 11.4. The summed E-state index contributed by atoms with van der Waals surface area (Å²) in [6.45, 7) is 7.31. The number of aromatic nitrogens is 2. The maximum atomic E-state index is 5.50. The quantitative estimate of drug-likeness (QED) is 0.545. The van der Waals surface area contributed by atoms with Crippen LogP contribution in [0.2, 0.25) is 0 Å². The number of aliphatic imine (C=N–C) groups is 1. The molecular weight excluding hydrogens is 356 g/mol. The largest absolute Gasteiger partial charge is 0.371 e. The van der Waals surface area contributed by atoms with Crippen LogP contribution in [0, 0.1) is 0 Å². The van der Waals surface area contributed by atoms with Gasteiger partial charge in [0.05, 0.1) is 6.54 Å². The molecule has 8 nitrogen and oxygen atoms in total. The summed E-state index contributed by atoms with van der Waals surface area (Å²) < 4.78 is 10.8. The smallest absolute Gasteiger partial charge is 0.246 e. The molecule has 28 heavy (non-hydrogen) atoms. The molecule has 0 radical (unpaired) electrons. The minimum absolute atomic E-state index is 0.158. The van der Waals surface area contributed by atoms with E-state index in [0.717, 1.165) is 24.8 Å². The molecule has 2 aliphatic rings. The molecule has 8 heteroatoms. The third kappa shape index (κ3) is 5.91. The van der Waals surface area contributed by atoms with Crippen LogP contribution in [0.3, 0.4) is 0 Å². The number of hydrogen-bond acceptors (Lipinski definition) is 6. The summed E-state index contributed by atoms with van der Waals surface area (Å²) in [5, 5.41) is 10.8. The molecule has 1 unspecified atom stereocenters. The standard InChI is InChI=1S/C20H36N6O2/c1-4-27-15(2)19-24-18(28-25-19)14-22-20(21-3)23-16-10-12-26(13-11-16)17-8-6-5-7-9-17/h15-17H,4-14H2,1-3H3,(H2,21,22,23). The van der Waals surface area contributed by atoms with Crippen molar-refractivity contribution in [2.75, 3.05) is 26.7 Å². The van der Waals surface area contributed by atoms with Gasteiger partial charge in [0, 0.05) is 38.8 Å². The Balaban J connectivity index is 1.40. The van der Waals surface area contributed by atoms with Crippen molar-refractivity contribution in [3.8, 4) is 0 Å². The Kier molecular flexibility index (Phi) is 8.09. The van der Waals surface area contributed by atoms with Gasteiger partial charge in [-0.1, -0.05) is 24.4 Å². The van der Waals surface area contributed by atoms with E-state index < -0.39 is 0 Å². The molecule has 1 aromatic heterocycles. The van der Waals surface area contributed by atoms with Crippen molar-refractivity contribution in [3.63, 3.8) is 0 Å². The molecule has 1 atom stereocenters. The van der Waals surface area contributed by atoms with Gasteiger partial charge in [-0.3, -0.25) is 4.99 Å². The van der Waals surface area contributed by atoms with Crippen molar-refractivity contribution in [2.24, 2.45) is 4.99 Å². The molecule has 2 heterocycles. The lowest BCUT2D eigenvalue weighted by atomic mass is 9.92. The Morgan fingerprint density at radius 1 is 1.25 bits per heavy atom. The lowest BCUT2D eigenvalue weighted by molar-refractivity contribution is 0.0683. The van der Waals surface area contributed by atoms with Crippen LogP contribution in [-0.2, 0) is 11.3 Å². The van der Waals surface area contributed by atoms with Gasteiger partial charge in [-0.05, 0) is 39.5 Å². The van der Waals surface area contributed by atoms with E-state index in [4.69, 9.17) is 9.26 Å². The van der Waals surface area contributed by atoms with Gasteiger partial charge in [0.1, 0.15) is 6.10 Å². The van der Waals surface area contributed by atoms with Gasteiger partial charge < -0.3 is 24.8 Å². The third-order valence-electron chi connectivity index (χ3n) is 5.86. The first-order valence-electron chi connectivity index (χ1n) is 10.8. The average Bonchev–Trinajstić information content (AvgIpc) is 3.21. The fraction of sp³-hybridized carbons (Fsp3) is 0.850. The first kappa shape index (κ1) is 21.0. The van der Waals surface area contributed by atoms with Crippen molar-refractivity contribution in [3.05, 3.63) is 11.7 Å². The highest BCUT2D eigenvalue weighted by molar-refractivity contribution is 5.79. The summed E-state index contributed by atoms with van der Waals surface area (Å²) in [5.74, 6) is 1.90. The Morgan fingerprint density at radius 2 is 2.00 bits per heavy atom. The fourth-order valence-electron chi connectivity index (χ4n) is 4.23. The number of ether oxygens (including phenoxy) is 1. The maximum absolute atomic E-state index is 5.50. The second-order valence-corrected chi connectivity index (χ2v) is 7.82. The molecule has 0 bridgehead atoms. The van der Waals surface area contributed by atoms with Crippen LogP contribution in [0.15, 0.2) is 9.52 Å². The van der Waals surface area contributed by atoms with Crippen LogP contribution in [0.25, 0.3) is 0 Å². The summed E-state index contributed by atoms with van der Waals surface area (Å²) >= 11 is 0. The first-order chi connectivity index (χ1) is 13.7. The van der Waals surface area contributed by atoms with Crippen LogP contribution in [0.1, 0.15) is 76.6 Å². The third-order valence-corrected chi connectivity index (χ3v) is 5.86. The van der Waals surface area contributed by atoms with E-state index in [1.807, 2.05) is 13.8 Å². The molecular formula is C20H36N6O2. The molecule has 1 saturated heterocycles. The Bertz CT molecular complexity index is 606. The minimum Gasteiger partial charge on any atom is -0.371 e. The summed E-state index contributed by atoms with van der Waals surface area (Å²) in [6, 6.07) is 1.28. The van der Waals surface area contributed by atoms with Crippen LogP contribution in [0.4, 0.5) is 0 Å². The van der Waals surface area contributed by atoms with Gasteiger partial charge in [0.25, 0.3) is 0 Å². The Hall–Kier alpha value is -1.67. The van der Waals surface area contributed by atoms with Crippen LogP contribution >= 0.6 is 0 Å². The van der Waals surface area contributed by atoms with Crippen molar-refractivity contribution < 1.29 is 9.26 Å². The molecule has 1 saturated carbocycles. The zero-order chi connectivity index (χ0) is 19.8. The Morgan fingerprint density at radius 3 is 2.68 bits per heavy atom. The van der Waals surface area contributed by atoms with Crippen LogP contribution in [0.5, 0.6) is 0 Å². The Labute approximate surface area is 168 Å². The molecule has 0 amide bonds. The van der Waals surface area contributed by atoms with Crippen LogP contribution in [-0.4, -0.2) is 59.8 Å². The SMILES string of the molecule is CCOC(C)c1noc(CNC(=NC)NC2CCN(C3CCCCC3)CC2)n1. The van der Waals surface area contributed by atoms with E-state index in [1.165, 1.54) is 45.2 Å². The van der Waals surface area contributed by atoms with Crippen molar-refractivity contribution in [1.29, 1.82) is 0 Å². The highest BCUT2D eigenvalue weighted by Gasteiger charge is 2.26. The molecule has 3 rings (SSSR count). The van der Waals surface area contributed by atoms with Crippen LogP contribution < -0.4 is 10.6 Å². The van der Waals surface area contributed by atoms with Gasteiger partial charge in [-0.2, -0.15) is 4.98 Å². The number of hydrogen-bond donors (Lipinski definition) is 2. The number of nitrogens with one attached hydrogen (secondary N) is 2. The van der Waals surface area contributed by atoms with Gasteiger partial charge in [-0.25, -0.2) is 0 Å². The summed E-state index contributed by atoms with van der Waals surface area (Å²) in [5.41, 5.74) is 0. The van der Waals surface area contributed by atoms with Gasteiger partial charge in [0.15, 0.2) is 11.8 Å². The number of guanidine groups is 1. The van der Waals surface area contributed by atoms with E-state index in [-0.39, 0.29) is 6.10 Å². The highest BCUT2D eigenvalue weighted by atomic mass is 16.5. The average molecular weight is 393 g/mol. The first-order valence-corrected chi connectivity index (χ1v) is 10.8. The topological polar surface area (TPSA) is 87.8 Å². The number of rotatable bonds is 7. The van der Waals surface area contributed by atoms with Crippen molar-refractivity contribution in [2.45, 2.75) is 83.5 Å². The molecule has 2 fully saturated rings. The molecule has 1 aliphatic heterocycles. The predicted octanol–water partition coefficient (Wildman–Crippen LogP) is 2.63. The van der Waals surface area contributed by atoms with E-state index in [2.05, 4.69) is 30.7 Å². The van der Waals surface area contributed by atoms with Gasteiger partial charge in [0.2, 0.25) is 5.89 Å². The lowest BCUT2D eigenvalue weighted by Crippen LogP contribution is -2.50. The van der Waals surface area contributed by atoms with Gasteiger partial charge in [-0.15, -0.1) is 0 Å². The lowest BCUT2D eigenvalue weighted by Gasteiger charge is -2.39. The number of likely N-dealkylation sites (tertiary alicyclic amines) is 1. The molecule has 2 N–H and O–H groups in total.